The monoisotopic (exact) mass is 395 g/mol. The highest BCUT2D eigenvalue weighted by Crippen LogP contribution is 2.19. The minimum atomic E-state index is -0.429. The van der Waals surface area contributed by atoms with Gasteiger partial charge in [-0.25, -0.2) is 4.98 Å². The molecule has 3 aromatic rings. The van der Waals surface area contributed by atoms with Gasteiger partial charge in [-0.2, -0.15) is 0 Å². The van der Waals surface area contributed by atoms with Gasteiger partial charge in [0.2, 0.25) is 0 Å². The minimum Gasteiger partial charge on any atom is -0.497 e. The number of anilines is 2. The molecule has 0 atom stereocenters. The van der Waals surface area contributed by atoms with Crippen LogP contribution in [0.3, 0.4) is 0 Å². The first-order chi connectivity index (χ1) is 13.5. The normalized spacial score (nSPS) is 10.2. The van der Waals surface area contributed by atoms with Crippen molar-refractivity contribution < 1.29 is 19.1 Å². The number of hydrogen-bond donors (Lipinski definition) is 2. The van der Waals surface area contributed by atoms with Gasteiger partial charge in [-0.05, 0) is 43.3 Å². The van der Waals surface area contributed by atoms with E-state index in [2.05, 4.69) is 15.6 Å². The number of carbonyl (C=O) groups is 3. The predicted molar refractivity (Wildman–Crippen MR) is 107 cm³/mol. The molecule has 0 saturated carbocycles. The van der Waals surface area contributed by atoms with Crippen LogP contribution < -0.4 is 15.4 Å². The van der Waals surface area contributed by atoms with Crippen LogP contribution in [0.25, 0.3) is 0 Å². The standard InChI is InChI=1S/C20H17N3O4S/c1-12(24)14-4-3-5-15(10-14)21-19(26)17-11-28-20(22-17)23-18(25)13-6-8-16(27-2)9-7-13/h3-11H,1-2H3,(H,21,26)(H,22,23,25). The summed E-state index contributed by atoms with van der Waals surface area (Å²) in [5.41, 5.74) is 1.62. The lowest BCUT2D eigenvalue weighted by Crippen LogP contribution is -2.14. The predicted octanol–water partition coefficient (Wildman–Crippen LogP) is 3.86. The molecule has 0 spiro atoms. The molecule has 8 heteroatoms. The van der Waals surface area contributed by atoms with Crippen molar-refractivity contribution in [1.29, 1.82) is 0 Å². The summed E-state index contributed by atoms with van der Waals surface area (Å²) >= 11 is 1.14. The Bertz CT molecular complexity index is 1030. The molecule has 1 aromatic heterocycles. The highest BCUT2D eigenvalue weighted by molar-refractivity contribution is 7.14. The van der Waals surface area contributed by atoms with E-state index < -0.39 is 5.91 Å². The van der Waals surface area contributed by atoms with E-state index in [-0.39, 0.29) is 17.4 Å². The van der Waals surface area contributed by atoms with Gasteiger partial charge in [0.05, 0.1) is 7.11 Å². The number of Topliss-reactive ketones (excluding diaryl/α,β-unsaturated/α-hetero) is 1. The van der Waals surface area contributed by atoms with Crippen LogP contribution in [0.5, 0.6) is 5.75 Å². The van der Waals surface area contributed by atoms with Crippen LogP contribution in [0.1, 0.15) is 38.1 Å². The Kier molecular flexibility index (Phi) is 5.81. The Morgan fingerprint density at radius 2 is 1.71 bits per heavy atom. The van der Waals surface area contributed by atoms with Crippen LogP contribution in [0.2, 0.25) is 0 Å². The van der Waals surface area contributed by atoms with Crippen molar-refractivity contribution in [3.63, 3.8) is 0 Å². The van der Waals surface area contributed by atoms with E-state index in [0.717, 1.165) is 11.3 Å². The summed E-state index contributed by atoms with van der Waals surface area (Å²) in [5.74, 6) is -0.202. The first kappa shape index (κ1) is 19.2. The zero-order valence-corrected chi connectivity index (χ0v) is 16.0. The van der Waals surface area contributed by atoms with Gasteiger partial charge in [-0.1, -0.05) is 12.1 Å². The number of aromatic nitrogens is 1. The van der Waals surface area contributed by atoms with E-state index >= 15 is 0 Å². The van der Waals surface area contributed by atoms with E-state index in [4.69, 9.17) is 4.74 Å². The molecule has 3 rings (SSSR count). The summed E-state index contributed by atoms with van der Waals surface area (Å²) in [6.45, 7) is 1.46. The molecule has 142 valence electrons. The van der Waals surface area contributed by atoms with Crippen molar-refractivity contribution in [3.05, 3.63) is 70.7 Å². The van der Waals surface area contributed by atoms with Gasteiger partial charge in [0.15, 0.2) is 10.9 Å². The molecule has 28 heavy (non-hydrogen) atoms. The maximum atomic E-state index is 12.4. The lowest BCUT2D eigenvalue weighted by Gasteiger charge is -2.05. The number of carbonyl (C=O) groups excluding carboxylic acids is 3. The molecule has 0 bridgehead atoms. The Morgan fingerprint density at radius 3 is 2.39 bits per heavy atom. The van der Waals surface area contributed by atoms with Crippen LogP contribution in [0.15, 0.2) is 53.9 Å². The van der Waals surface area contributed by atoms with Gasteiger partial charge in [0, 0.05) is 22.2 Å². The Morgan fingerprint density at radius 1 is 0.964 bits per heavy atom. The van der Waals surface area contributed by atoms with Crippen molar-refractivity contribution >= 4 is 39.8 Å². The molecule has 7 nitrogen and oxygen atoms in total. The lowest BCUT2D eigenvalue weighted by atomic mass is 10.1. The highest BCUT2D eigenvalue weighted by Gasteiger charge is 2.14. The van der Waals surface area contributed by atoms with E-state index in [1.807, 2.05) is 0 Å². The maximum absolute atomic E-state index is 12.4. The molecule has 2 aromatic carbocycles. The second kappa shape index (κ2) is 8.45. The first-order valence-electron chi connectivity index (χ1n) is 8.29. The molecular formula is C20H17N3O4S. The summed E-state index contributed by atoms with van der Waals surface area (Å²) in [6.07, 6.45) is 0. The smallest absolute Gasteiger partial charge is 0.275 e. The zero-order chi connectivity index (χ0) is 20.1. The molecule has 0 saturated heterocycles. The van der Waals surface area contributed by atoms with Crippen molar-refractivity contribution in [3.8, 4) is 5.75 Å². The van der Waals surface area contributed by atoms with Gasteiger partial charge >= 0.3 is 0 Å². The fourth-order valence-corrected chi connectivity index (χ4v) is 3.04. The van der Waals surface area contributed by atoms with Gasteiger partial charge in [0.25, 0.3) is 11.8 Å². The largest absolute Gasteiger partial charge is 0.497 e. The number of benzene rings is 2. The topological polar surface area (TPSA) is 97.4 Å². The second-order valence-electron chi connectivity index (χ2n) is 5.81. The number of rotatable bonds is 6. The number of methoxy groups -OCH3 is 1. The maximum Gasteiger partial charge on any atom is 0.275 e. The summed E-state index contributed by atoms with van der Waals surface area (Å²) in [5, 5.41) is 7.21. The summed E-state index contributed by atoms with van der Waals surface area (Å²) in [6, 6.07) is 13.3. The number of ketones is 1. The van der Waals surface area contributed by atoms with Crippen LogP contribution in [-0.2, 0) is 0 Å². The van der Waals surface area contributed by atoms with E-state index in [0.29, 0.717) is 27.7 Å². The summed E-state index contributed by atoms with van der Waals surface area (Å²) in [4.78, 5) is 40.2. The molecule has 2 amide bonds. The number of thiazole rings is 1. The third kappa shape index (κ3) is 4.60. The van der Waals surface area contributed by atoms with Crippen molar-refractivity contribution in [2.45, 2.75) is 6.92 Å². The number of amides is 2. The Balaban J connectivity index is 1.65. The molecule has 2 N–H and O–H groups in total. The summed E-state index contributed by atoms with van der Waals surface area (Å²) in [7, 11) is 1.55. The Labute approximate surface area is 165 Å². The molecule has 0 fully saturated rings. The van der Waals surface area contributed by atoms with Crippen molar-refractivity contribution in [1.82, 2.24) is 4.98 Å². The number of nitrogens with one attached hydrogen (secondary N) is 2. The van der Waals surface area contributed by atoms with Crippen LogP contribution in [-0.4, -0.2) is 29.7 Å². The molecule has 0 aliphatic carbocycles. The molecule has 1 heterocycles. The van der Waals surface area contributed by atoms with Crippen LogP contribution >= 0.6 is 11.3 Å². The first-order valence-corrected chi connectivity index (χ1v) is 9.17. The summed E-state index contributed by atoms with van der Waals surface area (Å²) < 4.78 is 5.06. The Hall–Kier alpha value is -3.52. The third-order valence-corrected chi connectivity index (χ3v) is 4.59. The fourth-order valence-electron chi connectivity index (χ4n) is 2.36. The van der Waals surface area contributed by atoms with Gasteiger partial charge in [0.1, 0.15) is 11.4 Å². The average molecular weight is 395 g/mol. The highest BCUT2D eigenvalue weighted by atomic mass is 32.1. The molecule has 0 radical (unpaired) electrons. The van der Waals surface area contributed by atoms with Crippen molar-refractivity contribution in [2.24, 2.45) is 0 Å². The minimum absolute atomic E-state index is 0.0895. The van der Waals surface area contributed by atoms with E-state index in [1.165, 1.54) is 6.92 Å². The van der Waals surface area contributed by atoms with Crippen LogP contribution in [0.4, 0.5) is 10.8 Å². The number of nitrogens with zero attached hydrogens (tertiary/aromatic N) is 1. The van der Waals surface area contributed by atoms with Gasteiger partial charge < -0.3 is 10.1 Å². The van der Waals surface area contributed by atoms with E-state index in [1.54, 1.807) is 61.0 Å². The molecule has 0 aliphatic heterocycles. The van der Waals surface area contributed by atoms with Crippen LogP contribution in [0, 0.1) is 0 Å². The number of ether oxygens (including phenoxy) is 1. The SMILES string of the molecule is COc1ccc(C(=O)Nc2nc(C(=O)Nc3cccc(C(C)=O)c3)cs2)cc1. The third-order valence-electron chi connectivity index (χ3n) is 3.84. The fraction of sp³-hybridized carbons (Fsp3) is 0.100. The molecule has 0 unspecified atom stereocenters. The second-order valence-corrected chi connectivity index (χ2v) is 6.67. The van der Waals surface area contributed by atoms with E-state index in [9.17, 15) is 14.4 Å². The van der Waals surface area contributed by atoms with Crippen molar-refractivity contribution in [2.75, 3.05) is 17.7 Å². The van der Waals surface area contributed by atoms with Gasteiger partial charge in [-0.3, -0.25) is 19.7 Å². The van der Waals surface area contributed by atoms with Gasteiger partial charge in [-0.15, -0.1) is 11.3 Å². The quantitative estimate of drug-likeness (QED) is 0.618. The number of hydrogen-bond acceptors (Lipinski definition) is 6. The lowest BCUT2D eigenvalue weighted by molar-refractivity contribution is 0.100. The molecule has 0 aliphatic rings. The zero-order valence-electron chi connectivity index (χ0n) is 15.2. The average Bonchev–Trinajstić information content (AvgIpc) is 3.17. The molecular weight excluding hydrogens is 378 g/mol.